The van der Waals surface area contributed by atoms with Crippen LogP contribution in [0.3, 0.4) is 0 Å². The SMILES string of the molecule is Cc1cc(=O)oc2cc(NC(=O)[C@H](CCCN=C(N)N)NC(=O)[C@H](CCCN=C(N)N)NC(=O)[C@H](CC(C)C)NC(=O)OC(C)(C)C)ccc12. The standard InChI is InChI=1S/C33H52N10O7/c1-18(2)15-24(43-32(48)50-33(4,5)6)29(47)42-23(10-8-14-39-31(36)37)28(46)41-22(9-7-13-38-30(34)35)27(45)40-20-11-12-21-19(3)16-26(44)49-25(21)17-20/h11-12,16-18,22-24H,7-10,13-15H2,1-6H3,(H,40,45)(H,41,46)(H,42,47)(H,43,48)(H4,34,35,38)(H4,36,37,39)/t22-,23-,24-/m0/s1. The van der Waals surface area contributed by atoms with Gasteiger partial charge in [0.1, 0.15) is 29.3 Å². The Labute approximate surface area is 291 Å². The minimum Gasteiger partial charge on any atom is -0.444 e. The molecule has 2 aromatic rings. The maximum Gasteiger partial charge on any atom is 0.408 e. The van der Waals surface area contributed by atoms with Crippen LogP contribution in [0.2, 0.25) is 0 Å². The van der Waals surface area contributed by atoms with Gasteiger partial charge in [0.05, 0.1) is 0 Å². The van der Waals surface area contributed by atoms with E-state index in [0.29, 0.717) is 29.5 Å². The van der Waals surface area contributed by atoms with Crippen molar-refractivity contribution in [2.45, 2.75) is 97.4 Å². The summed E-state index contributed by atoms with van der Waals surface area (Å²) in [6, 6.07) is 2.97. The van der Waals surface area contributed by atoms with Gasteiger partial charge < -0.3 is 53.4 Å². The second-order valence-corrected chi connectivity index (χ2v) is 13.3. The first-order valence-electron chi connectivity index (χ1n) is 16.4. The molecule has 276 valence electrons. The van der Waals surface area contributed by atoms with Crippen molar-refractivity contribution in [3.63, 3.8) is 0 Å². The summed E-state index contributed by atoms with van der Waals surface area (Å²) < 4.78 is 10.6. The highest BCUT2D eigenvalue weighted by atomic mass is 16.6. The van der Waals surface area contributed by atoms with Gasteiger partial charge in [-0.05, 0) is 83.4 Å². The maximum absolute atomic E-state index is 13.8. The predicted octanol–water partition coefficient (Wildman–Crippen LogP) is 1.06. The predicted molar refractivity (Wildman–Crippen MR) is 192 cm³/mol. The van der Waals surface area contributed by atoms with E-state index in [-0.39, 0.29) is 55.8 Å². The lowest BCUT2D eigenvalue weighted by molar-refractivity contribution is -0.132. The smallest absolute Gasteiger partial charge is 0.408 e. The Kier molecular flexibility index (Phi) is 15.5. The molecule has 17 nitrogen and oxygen atoms in total. The molecule has 0 bridgehead atoms. The molecule has 0 aliphatic heterocycles. The second-order valence-electron chi connectivity index (χ2n) is 13.3. The lowest BCUT2D eigenvalue weighted by Crippen LogP contribution is -2.56. The number of ether oxygens (including phenoxy) is 1. The molecule has 0 radical (unpaired) electrons. The van der Waals surface area contributed by atoms with Crippen molar-refractivity contribution in [3.05, 3.63) is 40.2 Å². The highest BCUT2D eigenvalue weighted by molar-refractivity contribution is 6.00. The van der Waals surface area contributed by atoms with Crippen molar-refractivity contribution in [2.75, 3.05) is 18.4 Å². The number of amides is 4. The van der Waals surface area contributed by atoms with Crippen LogP contribution >= 0.6 is 0 Å². The van der Waals surface area contributed by atoms with Gasteiger partial charge in [-0.25, -0.2) is 9.59 Å². The Morgan fingerprint density at radius 1 is 0.820 bits per heavy atom. The van der Waals surface area contributed by atoms with Crippen molar-refractivity contribution in [1.82, 2.24) is 16.0 Å². The molecule has 0 aliphatic rings. The summed E-state index contributed by atoms with van der Waals surface area (Å²) >= 11 is 0. The third kappa shape index (κ3) is 14.8. The largest absolute Gasteiger partial charge is 0.444 e. The first kappa shape index (κ1) is 40.8. The third-order valence-corrected chi connectivity index (χ3v) is 7.09. The summed E-state index contributed by atoms with van der Waals surface area (Å²) in [6.45, 7) is 11.0. The first-order chi connectivity index (χ1) is 23.3. The van der Waals surface area contributed by atoms with E-state index in [1.807, 2.05) is 13.8 Å². The van der Waals surface area contributed by atoms with Crippen LogP contribution in [0.5, 0.6) is 0 Å². The number of hydrogen-bond acceptors (Lipinski definition) is 9. The van der Waals surface area contributed by atoms with Crippen LogP contribution in [0, 0.1) is 12.8 Å². The molecule has 0 saturated carbocycles. The molecule has 0 fully saturated rings. The number of aryl methyl sites for hydroxylation is 1. The minimum absolute atomic E-state index is 0.000161. The van der Waals surface area contributed by atoms with Crippen molar-refractivity contribution in [3.8, 4) is 0 Å². The van der Waals surface area contributed by atoms with Crippen molar-refractivity contribution >= 4 is 52.4 Å². The number of anilines is 1. The summed E-state index contributed by atoms with van der Waals surface area (Å²) in [6.07, 6.45) is 0.316. The number of fused-ring (bicyclic) bond motifs is 1. The number of guanidine groups is 2. The van der Waals surface area contributed by atoms with Gasteiger partial charge in [0.2, 0.25) is 17.7 Å². The normalized spacial score (nSPS) is 13.0. The Hall–Kier alpha value is -5.35. The quantitative estimate of drug-likeness (QED) is 0.0500. The number of carbonyl (C=O) groups excluding carboxylic acids is 4. The van der Waals surface area contributed by atoms with Gasteiger partial charge in [-0.3, -0.25) is 24.4 Å². The number of alkyl carbamates (subject to hydrolysis) is 1. The van der Waals surface area contributed by atoms with Gasteiger partial charge in [0.25, 0.3) is 0 Å². The lowest BCUT2D eigenvalue weighted by Gasteiger charge is -2.27. The van der Waals surface area contributed by atoms with Crippen LogP contribution in [0.4, 0.5) is 10.5 Å². The molecule has 1 aromatic heterocycles. The lowest BCUT2D eigenvalue weighted by atomic mass is 10.0. The van der Waals surface area contributed by atoms with E-state index in [1.165, 1.54) is 12.1 Å². The van der Waals surface area contributed by atoms with Crippen LogP contribution in [-0.4, -0.2) is 72.5 Å². The van der Waals surface area contributed by atoms with Gasteiger partial charge in [-0.15, -0.1) is 0 Å². The van der Waals surface area contributed by atoms with Crippen LogP contribution in [-0.2, 0) is 19.1 Å². The van der Waals surface area contributed by atoms with Gasteiger partial charge in [0.15, 0.2) is 11.9 Å². The molecule has 3 atom stereocenters. The number of aliphatic imine (C=N–C) groups is 2. The summed E-state index contributed by atoms with van der Waals surface area (Å²) in [4.78, 5) is 73.3. The van der Waals surface area contributed by atoms with Crippen molar-refractivity contribution < 1.29 is 28.3 Å². The number of carbonyl (C=O) groups is 4. The van der Waals surface area contributed by atoms with Gasteiger partial charge >= 0.3 is 11.7 Å². The molecule has 1 heterocycles. The van der Waals surface area contributed by atoms with Crippen LogP contribution in [0.1, 0.15) is 72.3 Å². The second kappa shape index (κ2) is 19.0. The molecule has 2 rings (SSSR count). The zero-order valence-electron chi connectivity index (χ0n) is 29.6. The zero-order valence-corrected chi connectivity index (χ0v) is 29.6. The van der Waals surface area contributed by atoms with Gasteiger partial charge in [0, 0.05) is 36.3 Å². The fraction of sp³-hybridized carbons (Fsp3) is 0.545. The average Bonchev–Trinajstić information content (AvgIpc) is 2.97. The maximum atomic E-state index is 13.8. The van der Waals surface area contributed by atoms with Gasteiger partial charge in [-0.2, -0.15) is 0 Å². The van der Waals surface area contributed by atoms with E-state index in [0.717, 1.165) is 0 Å². The number of nitrogens with one attached hydrogen (secondary N) is 4. The number of benzene rings is 1. The zero-order chi connectivity index (χ0) is 37.6. The molecule has 1 aromatic carbocycles. The summed E-state index contributed by atoms with van der Waals surface area (Å²) in [5.41, 5.74) is 21.8. The Balaban J connectivity index is 2.34. The fourth-order valence-electron chi connectivity index (χ4n) is 4.87. The highest BCUT2D eigenvalue weighted by Crippen LogP contribution is 2.21. The molecule has 0 spiro atoms. The number of nitrogens with zero attached hydrogens (tertiary/aromatic N) is 2. The van der Waals surface area contributed by atoms with E-state index in [4.69, 9.17) is 32.1 Å². The molecule has 0 saturated heterocycles. The van der Waals surface area contributed by atoms with E-state index >= 15 is 0 Å². The first-order valence-corrected chi connectivity index (χ1v) is 16.4. The third-order valence-electron chi connectivity index (χ3n) is 7.09. The monoisotopic (exact) mass is 700 g/mol. The fourth-order valence-corrected chi connectivity index (χ4v) is 4.87. The summed E-state index contributed by atoms with van der Waals surface area (Å²) in [7, 11) is 0. The Morgan fingerprint density at radius 2 is 1.36 bits per heavy atom. The molecular weight excluding hydrogens is 648 g/mol. The Morgan fingerprint density at radius 3 is 1.88 bits per heavy atom. The van der Waals surface area contributed by atoms with Crippen molar-refractivity contribution in [1.29, 1.82) is 0 Å². The number of hydrogen-bond donors (Lipinski definition) is 8. The molecule has 17 heteroatoms. The molecule has 12 N–H and O–H groups in total. The highest BCUT2D eigenvalue weighted by Gasteiger charge is 2.31. The van der Waals surface area contributed by atoms with Crippen LogP contribution in [0.15, 0.2) is 43.5 Å². The molecule has 0 aliphatic carbocycles. The topological polar surface area (TPSA) is 285 Å². The summed E-state index contributed by atoms with van der Waals surface area (Å²) in [5.74, 6) is -2.11. The van der Waals surface area contributed by atoms with Gasteiger partial charge in [-0.1, -0.05) is 13.8 Å². The Bertz CT molecular complexity index is 1610. The number of rotatable bonds is 17. The molecule has 50 heavy (non-hydrogen) atoms. The van der Waals surface area contributed by atoms with Crippen molar-refractivity contribution in [2.24, 2.45) is 38.8 Å². The molecule has 4 amide bonds. The summed E-state index contributed by atoms with van der Waals surface area (Å²) in [5, 5.41) is 11.5. The van der Waals surface area contributed by atoms with E-state index in [9.17, 15) is 24.0 Å². The van der Waals surface area contributed by atoms with E-state index in [2.05, 4.69) is 31.3 Å². The van der Waals surface area contributed by atoms with E-state index in [1.54, 1.807) is 39.8 Å². The minimum atomic E-state index is -1.14. The molecule has 0 unspecified atom stereocenters. The van der Waals surface area contributed by atoms with Crippen LogP contribution < -0.4 is 49.8 Å². The van der Waals surface area contributed by atoms with E-state index < -0.39 is 53.2 Å². The average molecular weight is 701 g/mol. The van der Waals surface area contributed by atoms with Crippen LogP contribution in [0.25, 0.3) is 11.0 Å². The molecular formula is C33H52N10O7. The number of nitrogens with two attached hydrogens (primary N) is 4.